The van der Waals surface area contributed by atoms with Crippen LogP contribution in [0.15, 0.2) is 28.8 Å². The van der Waals surface area contributed by atoms with E-state index in [0.717, 1.165) is 12.0 Å². The Bertz CT molecular complexity index is 642. The van der Waals surface area contributed by atoms with Gasteiger partial charge in [-0.2, -0.15) is 4.98 Å². The molecule has 0 saturated heterocycles. The van der Waals surface area contributed by atoms with Gasteiger partial charge in [-0.05, 0) is 45.0 Å². The van der Waals surface area contributed by atoms with E-state index in [4.69, 9.17) is 16.1 Å². The Morgan fingerprint density at radius 2 is 2.09 bits per heavy atom. The first-order valence-corrected chi connectivity index (χ1v) is 7.85. The highest BCUT2D eigenvalue weighted by Gasteiger charge is 2.19. The van der Waals surface area contributed by atoms with Gasteiger partial charge in [-0.25, -0.2) is 0 Å². The standard InChI is InChI=1S/C16H21ClN4O2/c1-11(16-19-12(2)20-23-16)21(3)10-15(22)18-9-8-13-4-6-14(17)7-5-13/h4-7,11H,8-10H2,1-3H3,(H,18,22)/t11-/m0/s1. The Labute approximate surface area is 140 Å². The second-order valence-electron chi connectivity index (χ2n) is 5.50. The average Bonchev–Trinajstić information content (AvgIpc) is 2.95. The number of aromatic nitrogens is 2. The van der Waals surface area contributed by atoms with Crippen molar-refractivity contribution in [2.24, 2.45) is 0 Å². The first kappa shape index (κ1) is 17.4. The van der Waals surface area contributed by atoms with Gasteiger partial charge in [-0.15, -0.1) is 0 Å². The van der Waals surface area contributed by atoms with Gasteiger partial charge in [0.25, 0.3) is 0 Å². The van der Waals surface area contributed by atoms with Gasteiger partial charge in [-0.3, -0.25) is 9.69 Å². The summed E-state index contributed by atoms with van der Waals surface area (Å²) < 4.78 is 5.13. The van der Waals surface area contributed by atoms with Crippen molar-refractivity contribution >= 4 is 17.5 Å². The van der Waals surface area contributed by atoms with E-state index in [1.54, 1.807) is 6.92 Å². The summed E-state index contributed by atoms with van der Waals surface area (Å²) in [6.45, 7) is 4.54. The first-order chi connectivity index (χ1) is 11.0. The summed E-state index contributed by atoms with van der Waals surface area (Å²) in [6.07, 6.45) is 0.769. The predicted octanol–water partition coefficient (Wildman–Crippen LogP) is 2.38. The number of nitrogens with one attached hydrogen (secondary N) is 1. The molecule has 2 rings (SSSR count). The number of halogens is 1. The molecule has 0 aliphatic carbocycles. The topological polar surface area (TPSA) is 71.3 Å². The van der Waals surface area contributed by atoms with E-state index in [1.807, 2.05) is 43.1 Å². The molecule has 1 N–H and O–H groups in total. The third-order valence-electron chi connectivity index (χ3n) is 3.60. The molecule has 0 fully saturated rings. The summed E-state index contributed by atoms with van der Waals surface area (Å²) in [5.74, 6) is 1.07. The third kappa shape index (κ3) is 5.33. The maximum Gasteiger partial charge on any atom is 0.243 e. The number of likely N-dealkylation sites (N-methyl/N-ethyl adjacent to an activating group) is 1. The average molecular weight is 337 g/mol. The molecule has 1 aromatic carbocycles. The van der Waals surface area contributed by atoms with Crippen molar-refractivity contribution in [2.75, 3.05) is 20.1 Å². The van der Waals surface area contributed by atoms with E-state index < -0.39 is 0 Å². The van der Waals surface area contributed by atoms with E-state index >= 15 is 0 Å². The van der Waals surface area contributed by atoms with E-state index in [1.165, 1.54) is 0 Å². The van der Waals surface area contributed by atoms with Gasteiger partial charge in [0.05, 0.1) is 12.6 Å². The minimum Gasteiger partial charge on any atom is -0.355 e. The van der Waals surface area contributed by atoms with Crippen LogP contribution in [-0.4, -0.2) is 41.1 Å². The second kappa shape index (κ2) is 8.08. The molecule has 23 heavy (non-hydrogen) atoms. The molecule has 1 amide bonds. The summed E-state index contributed by atoms with van der Waals surface area (Å²) in [6, 6.07) is 7.50. The van der Waals surface area contributed by atoms with Crippen LogP contribution in [0.5, 0.6) is 0 Å². The van der Waals surface area contributed by atoms with Gasteiger partial charge < -0.3 is 9.84 Å². The summed E-state index contributed by atoms with van der Waals surface area (Å²) in [7, 11) is 1.85. The Morgan fingerprint density at radius 1 is 1.39 bits per heavy atom. The van der Waals surface area contributed by atoms with E-state index in [9.17, 15) is 4.79 Å². The Morgan fingerprint density at radius 3 is 2.70 bits per heavy atom. The maximum atomic E-state index is 12.0. The van der Waals surface area contributed by atoms with Crippen molar-refractivity contribution in [3.8, 4) is 0 Å². The fourth-order valence-electron chi connectivity index (χ4n) is 2.09. The highest BCUT2D eigenvalue weighted by molar-refractivity contribution is 6.30. The maximum absolute atomic E-state index is 12.0. The van der Waals surface area contributed by atoms with E-state index in [0.29, 0.717) is 23.3 Å². The molecule has 0 spiro atoms. The van der Waals surface area contributed by atoms with E-state index in [-0.39, 0.29) is 18.5 Å². The molecular formula is C16H21ClN4O2. The largest absolute Gasteiger partial charge is 0.355 e. The SMILES string of the molecule is Cc1noc([C@H](C)N(C)CC(=O)NCCc2ccc(Cl)cc2)n1. The number of rotatable bonds is 7. The normalized spacial score (nSPS) is 12.4. The van der Waals surface area contributed by atoms with Crippen LogP contribution in [0.4, 0.5) is 0 Å². The van der Waals surface area contributed by atoms with Gasteiger partial charge in [0.15, 0.2) is 5.82 Å². The van der Waals surface area contributed by atoms with Crippen LogP contribution in [0.3, 0.4) is 0 Å². The van der Waals surface area contributed by atoms with Crippen LogP contribution < -0.4 is 5.32 Å². The highest BCUT2D eigenvalue weighted by atomic mass is 35.5. The number of benzene rings is 1. The zero-order valence-corrected chi connectivity index (χ0v) is 14.3. The van der Waals surface area contributed by atoms with Crippen molar-refractivity contribution in [2.45, 2.75) is 26.3 Å². The molecule has 0 saturated carbocycles. The summed E-state index contributed by atoms with van der Waals surface area (Å²) in [5.41, 5.74) is 1.14. The lowest BCUT2D eigenvalue weighted by Crippen LogP contribution is -2.37. The smallest absolute Gasteiger partial charge is 0.243 e. The molecule has 0 aliphatic heterocycles. The zero-order chi connectivity index (χ0) is 16.8. The van der Waals surface area contributed by atoms with Gasteiger partial charge in [0, 0.05) is 11.6 Å². The van der Waals surface area contributed by atoms with Crippen molar-refractivity contribution in [3.63, 3.8) is 0 Å². The molecule has 124 valence electrons. The Hall–Kier alpha value is -1.92. The highest BCUT2D eigenvalue weighted by Crippen LogP contribution is 2.15. The summed E-state index contributed by atoms with van der Waals surface area (Å²) in [5, 5.41) is 7.39. The molecular weight excluding hydrogens is 316 g/mol. The van der Waals surface area contributed by atoms with Gasteiger partial charge in [-0.1, -0.05) is 28.9 Å². The number of nitrogens with zero attached hydrogens (tertiary/aromatic N) is 3. The summed E-state index contributed by atoms with van der Waals surface area (Å²) in [4.78, 5) is 18.0. The van der Waals surface area contributed by atoms with Gasteiger partial charge in [0.2, 0.25) is 11.8 Å². The fraction of sp³-hybridized carbons (Fsp3) is 0.438. The minimum absolute atomic E-state index is 0.0375. The van der Waals surface area contributed by atoms with Crippen LogP contribution in [-0.2, 0) is 11.2 Å². The molecule has 1 atom stereocenters. The molecule has 0 unspecified atom stereocenters. The first-order valence-electron chi connectivity index (χ1n) is 7.47. The minimum atomic E-state index is -0.113. The van der Waals surface area contributed by atoms with Crippen LogP contribution in [0.2, 0.25) is 5.02 Å². The molecule has 2 aromatic rings. The monoisotopic (exact) mass is 336 g/mol. The van der Waals surface area contributed by atoms with Crippen molar-refractivity contribution in [3.05, 3.63) is 46.6 Å². The van der Waals surface area contributed by atoms with Gasteiger partial charge >= 0.3 is 0 Å². The lowest BCUT2D eigenvalue weighted by atomic mass is 10.1. The molecule has 1 aromatic heterocycles. The van der Waals surface area contributed by atoms with Crippen LogP contribution in [0.1, 0.15) is 30.2 Å². The van der Waals surface area contributed by atoms with E-state index in [2.05, 4.69) is 15.5 Å². The van der Waals surface area contributed by atoms with Crippen molar-refractivity contribution in [1.82, 2.24) is 20.4 Å². The molecule has 0 radical (unpaired) electrons. The Balaban J connectivity index is 1.74. The molecule has 1 heterocycles. The molecule has 6 nitrogen and oxygen atoms in total. The number of amides is 1. The van der Waals surface area contributed by atoms with Crippen LogP contribution in [0, 0.1) is 6.92 Å². The molecule has 0 aliphatic rings. The number of carbonyl (C=O) groups excluding carboxylic acids is 1. The molecule has 7 heteroatoms. The fourth-order valence-corrected chi connectivity index (χ4v) is 2.21. The van der Waals surface area contributed by atoms with Gasteiger partial charge in [0.1, 0.15) is 0 Å². The van der Waals surface area contributed by atoms with Crippen molar-refractivity contribution < 1.29 is 9.32 Å². The second-order valence-corrected chi connectivity index (χ2v) is 5.93. The zero-order valence-electron chi connectivity index (χ0n) is 13.5. The van der Waals surface area contributed by atoms with Crippen LogP contribution >= 0.6 is 11.6 Å². The lowest BCUT2D eigenvalue weighted by Gasteiger charge is -2.20. The lowest BCUT2D eigenvalue weighted by molar-refractivity contribution is -0.122. The number of aryl methyl sites for hydroxylation is 1. The quantitative estimate of drug-likeness (QED) is 0.840. The Kier molecular flexibility index (Phi) is 6.12. The van der Waals surface area contributed by atoms with Crippen LogP contribution in [0.25, 0.3) is 0 Å². The summed E-state index contributed by atoms with van der Waals surface area (Å²) >= 11 is 5.84. The number of hydrogen-bond donors (Lipinski definition) is 1. The third-order valence-corrected chi connectivity index (χ3v) is 3.86. The number of hydrogen-bond acceptors (Lipinski definition) is 5. The molecule has 0 bridgehead atoms. The predicted molar refractivity (Wildman–Crippen MR) is 88.2 cm³/mol. The number of carbonyl (C=O) groups is 1. The van der Waals surface area contributed by atoms with Crippen molar-refractivity contribution in [1.29, 1.82) is 0 Å².